The van der Waals surface area contributed by atoms with E-state index in [-0.39, 0.29) is 0 Å². The first kappa shape index (κ1) is 7.40. The van der Waals surface area contributed by atoms with Crippen molar-refractivity contribution in [1.29, 1.82) is 0 Å². The van der Waals surface area contributed by atoms with Crippen LogP contribution in [-0.4, -0.2) is 18.0 Å². The zero-order valence-electron chi connectivity index (χ0n) is 6.63. The number of aromatic nitrogens is 2. The quantitative estimate of drug-likeness (QED) is 0.562. The lowest BCUT2D eigenvalue weighted by Crippen LogP contribution is -2.39. The van der Waals surface area contributed by atoms with E-state index in [1.807, 2.05) is 6.07 Å². The third-order valence-electron chi connectivity index (χ3n) is 1.35. The summed E-state index contributed by atoms with van der Waals surface area (Å²) in [5.41, 5.74) is 0. The molecular weight excluding hydrogens is 140 g/mol. The highest BCUT2D eigenvalue weighted by molar-refractivity contribution is 6.88. The highest BCUT2D eigenvalue weighted by Gasteiger charge is 2.16. The molecular formula is C7H12N2Si. The van der Waals surface area contributed by atoms with Crippen LogP contribution in [-0.2, 0) is 0 Å². The Bertz CT molecular complexity index is 203. The van der Waals surface area contributed by atoms with Gasteiger partial charge in [0, 0.05) is 11.5 Å². The minimum atomic E-state index is -1.18. The molecule has 0 spiro atoms. The maximum Gasteiger partial charge on any atom is 0.115 e. The van der Waals surface area contributed by atoms with E-state index >= 15 is 0 Å². The van der Waals surface area contributed by atoms with Crippen molar-refractivity contribution >= 4 is 13.4 Å². The minimum absolute atomic E-state index is 1.18. The molecule has 0 saturated carbocycles. The first-order valence-electron chi connectivity index (χ1n) is 3.37. The van der Waals surface area contributed by atoms with Gasteiger partial charge < -0.3 is 0 Å². The fraction of sp³-hybridized carbons (Fsp3) is 0.429. The number of nitrogens with zero attached hydrogens (tertiary/aromatic N) is 2. The molecule has 1 aromatic rings. The van der Waals surface area contributed by atoms with Gasteiger partial charge in [0.15, 0.2) is 0 Å². The van der Waals surface area contributed by atoms with Gasteiger partial charge in [-0.15, -0.1) is 0 Å². The molecule has 2 nitrogen and oxygen atoms in total. The van der Waals surface area contributed by atoms with E-state index in [1.165, 1.54) is 5.32 Å². The van der Waals surface area contributed by atoms with Crippen molar-refractivity contribution in [2.75, 3.05) is 0 Å². The van der Waals surface area contributed by atoms with Crippen LogP contribution in [0.3, 0.4) is 0 Å². The van der Waals surface area contributed by atoms with Gasteiger partial charge in [-0.2, -0.15) is 0 Å². The van der Waals surface area contributed by atoms with E-state index in [0.29, 0.717) is 0 Å². The summed E-state index contributed by atoms with van der Waals surface area (Å²) in [6.45, 7) is 6.82. The Balaban J connectivity index is 2.97. The Kier molecular flexibility index (Phi) is 1.85. The molecule has 1 rings (SSSR count). The average Bonchev–Trinajstić information content (AvgIpc) is 1.88. The van der Waals surface area contributed by atoms with E-state index in [4.69, 9.17) is 0 Å². The minimum Gasteiger partial charge on any atom is -0.246 e. The first-order valence-corrected chi connectivity index (χ1v) is 6.87. The molecule has 0 amide bonds. The monoisotopic (exact) mass is 152 g/mol. The molecule has 0 unspecified atom stereocenters. The van der Waals surface area contributed by atoms with Crippen molar-refractivity contribution in [2.45, 2.75) is 19.6 Å². The van der Waals surface area contributed by atoms with Crippen molar-refractivity contribution in [3.63, 3.8) is 0 Å². The van der Waals surface area contributed by atoms with Crippen LogP contribution in [0.2, 0.25) is 19.6 Å². The summed E-state index contributed by atoms with van der Waals surface area (Å²) in [6, 6.07) is 2.01. The van der Waals surface area contributed by atoms with Crippen LogP contribution in [0, 0.1) is 0 Å². The fourth-order valence-corrected chi connectivity index (χ4v) is 1.75. The zero-order chi connectivity index (χ0) is 7.61. The third kappa shape index (κ3) is 1.64. The summed E-state index contributed by atoms with van der Waals surface area (Å²) in [6.07, 6.45) is 3.42. The van der Waals surface area contributed by atoms with Crippen LogP contribution in [0.5, 0.6) is 0 Å². The van der Waals surface area contributed by atoms with Crippen LogP contribution >= 0.6 is 0 Å². The average molecular weight is 152 g/mol. The van der Waals surface area contributed by atoms with E-state index in [1.54, 1.807) is 12.5 Å². The Morgan fingerprint density at radius 1 is 1.30 bits per heavy atom. The maximum absolute atomic E-state index is 4.20. The highest BCUT2D eigenvalue weighted by atomic mass is 28.3. The second-order valence-electron chi connectivity index (χ2n) is 3.34. The molecule has 0 aliphatic heterocycles. The third-order valence-corrected chi connectivity index (χ3v) is 3.18. The molecule has 0 aliphatic rings. The van der Waals surface area contributed by atoms with Crippen molar-refractivity contribution in [3.8, 4) is 0 Å². The van der Waals surface area contributed by atoms with E-state index < -0.39 is 8.07 Å². The van der Waals surface area contributed by atoms with Gasteiger partial charge in [0.2, 0.25) is 0 Å². The van der Waals surface area contributed by atoms with E-state index in [2.05, 4.69) is 29.6 Å². The molecule has 0 radical (unpaired) electrons. The number of rotatable bonds is 1. The molecule has 0 aliphatic carbocycles. The Hall–Kier alpha value is -0.703. The summed E-state index contributed by atoms with van der Waals surface area (Å²) in [5, 5.41) is 1.22. The summed E-state index contributed by atoms with van der Waals surface area (Å²) >= 11 is 0. The zero-order valence-corrected chi connectivity index (χ0v) is 7.63. The first-order chi connectivity index (χ1) is 4.61. The molecule has 0 aromatic carbocycles. The molecule has 1 heterocycles. The summed E-state index contributed by atoms with van der Waals surface area (Å²) in [7, 11) is -1.18. The normalized spacial score (nSPS) is 11.5. The molecule has 3 heteroatoms. The highest BCUT2D eigenvalue weighted by Crippen LogP contribution is 1.97. The summed E-state index contributed by atoms with van der Waals surface area (Å²) < 4.78 is 0. The number of hydrogen-bond acceptors (Lipinski definition) is 2. The lowest BCUT2D eigenvalue weighted by Gasteiger charge is -2.13. The van der Waals surface area contributed by atoms with Crippen molar-refractivity contribution < 1.29 is 0 Å². The standard InChI is InChI=1S/C7H12N2Si/c1-10(2,3)7-4-5-8-6-9-7/h4-6H,1-3H3. The van der Waals surface area contributed by atoms with E-state index in [0.717, 1.165) is 0 Å². The molecule has 0 bridgehead atoms. The Morgan fingerprint density at radius 2 is 2.00 bits per heavy atom. The van der Waals surface area contributed by atoms with Crippen molar-refractivity contribution in [2.24, 2.45) is 0 Å². The van der Waals surface area contributed by atoms with Gasteiger partial charge in [0.1, 0.15) is 14.4 Å². The van der Waals surface area contributed by atoms with E-state index in [9.17, 15) is 0 Å². The summed E-state index contributed by atoms with van der Waals surface area (Å²) in [4.78, 5) is 8.07. The Labute approximate surface area is 62.3 Å². The predicted octanol–water partition coefficient (Wildman–Crippen LogP) is 1.02. The summed E-state index contributed by atoms with van der Waals surface area (Å²) in [5.74, 6) is 0. The van der Waals surface area contributed by atoms with Gasteiger partial charge in [-0.3, -0.25) is 0 Å². The van der Waals surface area contributed by atoms with Gasteiger partial charge in [-0.1, -0.05) is 19.6 Å². The Morgan fingerprint density at radius 3 is 2.30 bits per heavy atom. The van der Waals surface area contributed by atoms with Crippen LogP contribution in [0.15, 0.2) is 18.6 Å². The molecule has 1 aromatic heterocycles. The van der Waals surface area contributed by atoms with Gasteiger partial charge >= 0.3 is 0 Å². The van der Waals surface area contributed by atoms with Gasteiger partial charge in [-0.25, -0.2) is 9.97 Å². The van der Waals surface area contributed by atoms with Crippen LogP contribution in [0.1, 0.15) is 0 Å². The molecule has 54 valence electrons. The molecule has 0 N–H and O–H groups in total. The SMILES string of the molecule is C[Si](C)(C)c1ccncn1. The van der Waals surface area contributed by atoms with Crippen molar-refractivity contribution in [3.05, 3.63) is 18.6 Å². The van der Waals surface area contributed by atoms with Gasteiger partial charge in [-0.05, 0) is 6.07 Å². The lowest BCUT2D eigenvalue weighted by molar-refractivity contribution is 1.19. The van der Waals surface area contributed by atoms with Crippen LogP contribution in [0.25, 0.3) is 0 Å². The largest absolute Gasteiger partial charge is 0.246 e. The van der Waals surface area contributed by atoms with Crippen LogP contribution < -0.4 is 5.32 Å². The second-order valence-corrected chi connectivity index (χ2v) is 8.36. The molecule has 0 fully saturated rings. The molecule has 0 saturated heterocycles. The smallest absolute Gasteiger partial charge is 0.115 e. The maximum atomic E-state index is 4.20. The second kappa shape index (κ2) is 2.50. The lowest BCUT2D eigenvalue weighted by atomic mass is 10.7. The van der Waals surface area contributed by atoms with Crippen molar-refractivity contribution in [1.82, 2.24) is 9.97 Å². The molecule has 0 atom stereocenters. The number of hydrogen-bond donors (Lipinski definition) is 0. The predicted molar refractivity (Wildman–Crippen MR) is 45.0 cm³/mol. The van der Waals surface area contributed by atoms with Gasteiger partial charge in [0.05, 0.1) is 0 Å². The topological polar surface area (TPSA) is 25.8 Å². The van der Waals surface area contributed by atoms with Gasteiger partial charge in [0.25, 0.3) is 0 Å². The fourth-order valence-electron chi connectivity index (χ4n) is 0.734. The van der Waals surface area contributed by atoms with Crippen LogP contribution in [0.4, 0.5) is 0 Å². The molecule has 10 heavy (non-hydrogen) atoms.